The highest BCUT2D eigenvalue weighted by Crippen LogP contribution is 2.29. The van der Waals surface area contributed by atoms with E-state index in [-0.39, 0.29) is 6.61 Å². The molecule has 0 aliphatic carbocycles. The van der Waals surface area contributed by atoms with Gasteiger partial charge in [0.15, 0.2) is 11.6 Å². The summed E-state index contributed by atoms with van der Waals surface area (Å²) in [7, 11) is 1.84. The number of benzene rings is 1. The van der Waals surface area contributed by atoms with E-state index in [2.05, 4.69) is 20.2 Å². The molecule has 0 bridgehead atoms. The number of likely N-dealkylation sites (N-methyl/N-ethyl adjacent to an activating group) is 1. The van der Waals surface area contributed by atoms with Crippen molar-refractivity contribution in [3.63, 3.8) is 0 Å². The van der Waals surface area contributed by atoms with Crippen LogP contribution in [0.5, 0.6) is 0 Å². The highest BCUT2D eigenvalue weighted by Gasteiger charge is 2.25. The Kier molecular flexibility index (Phi) is 6.46. The van der Waals surface area contributed by atoms with Crippen molar-refractivity contribution in [2.45, 2.75) is 6.54 Å². The lowest BCUT2D eigenvalue weighted by molar-refractivity contribution is 0.303. The van der Waals surface area contributed by atoms with Crippen LogP contribution in [0.1, 0.15) is 5.56 Å². The maximum Gasteiger partial charge on any atom is 0.227 e. The number of hydrogen-bond acceptors (Lipinski definition) is 9. The highest BCUT2D eigenvalue weighted by atomic mass is 32.2. The molecule has 9 nitrogen and oxygen atoms in total. The van der Waals surface area contributed by atoms with Gasteiger partial charge in [-0.05, 0) is 5.56 Å². The van der Waals surface area contributed by atoms with Crippen LogP contribution in [-0.2, 0) is 17.7 Å². The van der Waals surface area contributed by atoms with E-state index in [4.69, 9.17) is 9.97 Å². The van der Waals surface area contributed by atoms with Crippen LogP contribution >= 0.6 is 0 Å². The van der Waals surface area contributed by atoms with E-state index < -0.39 is 11.2 Å². The van der Waals surface area contributed by atoms with Crippen LogP contribution in [0.3, 0.4) is 0 Å². The number of aliphatic hydroxyl groups excluding tert-OH is 1. The summed E-state index contributed by atoms with van der Waals surface area (Å²) >= 11 is -0.788. The molecule has 1 fully saturated rings. The molecule has 0 atom stereocenters. The number of hydrogen-bond donors (Lipinski definition) is 2. The van der Waals surface area contributed by atoms with E-state index in [1.807, 2.05) is 37.4 Å². The maximum absolute atomic E-state index is 11.8. The maximum atomic E-state index is 11.8. The van der Waals surface area contributed by atoms with Crippen LogP contribution in [0, 0.1) is 0 Å². The number of anilines is 3. The molecule has 0 saturated carbocycles. The van der Waals surface area contributed by atoms with Gasteiger partial charge in [-0.2, -0.15) is 4.98 Å². The van der Waals surface area contributed by atoms with Crippen molar-refractivity contribution >= 4 is 39.8 Å². The second-order valence-electron chi connectivity index (χ2n) is 7.09. The molecule has 10 heteroatoms. The minimum atomic E-state index is -0.788. The smallest absolute Gasteiger partial charge is 0.227 e. The highest BCUT2D eigenvalue weighted by molar-refractivity contribution is 7.91. The average molecular weight is 428 g/mol. The van der Waals surface area contributed by atoms with Crippen molar-refractivity contribution < 1.29 is 9.66 Å². The van der Waals surface area contributed by atoms with Crippen LogP contribution in [-0.4, -0.2) is 74.4 Å². The SMILES string of the molecule is CN(CCO)c1nc(N2CC[S+]([O-])CC2)c2ncnc(NCc3ccccc3)c2n1. The molecule has 1 aliphatic heterocycles. The lowest BCUT2D eigenvalue weighted by Crippen LogP contribution is -2.41. The van der Waals surface area contributed by atoms with Crippen LogP contribution in [0.4, 0.5) is 17.6 Å². The Bertz CT molecular complexity index is 984. The first kappa shape index (κ1) is 20.6. The van der Waals surface area contributed by atoms with Crippen molar-refractivity contribution in [1.82, 2.24) is 19.9 Å². The zero-order valence-electron chi connectivity index (χ0n) is 16.9. The van der Waals surface area contributed by atoms with Gasteiger partial charge in [0.25, 0.3) is 0 Å². The molecule has 0 amide bonds. The fourth-order valence-corrected chi connectivity index (χ4v) is 4.38. The average Bonchev–Trinajstić information content (AvgIpc) is 2.78. The van der Waals surface area contributed by atoms with Gasteiger partial charge in [-0.1, -0.05) is 41.5 Å². The predicted octanol–water partition coefficient (Wildman–Crippen LogP) is 1.03. The van der Waals surface area contributed by atoms with Crippen molar-refractivity contribution in [2.75, 3.05) is 59.9 Å². The van der Waals surface area contributed by atoms with Gasteiger partial charge < -0.3 is 24.8 Å². The first-order valence-corrected chi connectivity index (χ1v) is 11.4. The predicted molar refractivity (Wildman–Crippen MR) is 119 cm³/mol. The number of nitrogens with one attached hydrogen (secondary N) is 1. The molecule has 30 heavy (non-hydrogen) atoms. The summed E-state index contributed by atoms with van der Waals surface area (Å²) < 4.78 is 11.8. The summed E-state index contributed by atoms with van der Waals surface area (Å²) in [4.78, 5) is 22.3. The Labute approximate surface area is 178 Å². The van der Waals surface area contributed by atoms with Crippen LogP contribution in [0.2, 0.25) is 0 Å². The zero-order valence-corrected chi connectivity index (χ0v) is 17.7. The monoisotopic (exact) mass is 427 g/mol. The second kappa shape index (κ2) is 9.41. The molecule has 1 saturated heterocycles. The number of aliphatic hydroxyl groups is 1. The third kappa shape index (κ3) is 4.55. The van der Waals surface area contributed by atoms with Gasteiger partial charge in [0, 0.05) is 20.1 Å². The Hall–Kier alpha value is -2.69. The molecule has 2 aromatic heterocycles. The number of fused-ring (bicyclic) bond motifs is 1. The van der Waals surface area contributed by atoms with Crippen molar-refractivity contribution in [3.8, 4) is 0 Å². The van der Waals surface area contributed by atoms with E-state index in [1.165, 1.54) is 6.33 Å². The summed E-state index contributed by atoms with van der Waals surface area (Å²) in [5, 5.41) is 12.7. The van der Waals surface area contributed by atoms with Gasteiger partial charge in [-0.25, -0.2) is 15.0 Å². The Morgan fingerprint density at radius 1 is 1.13 bits per heavy atom. The molecular weight excluding hydrogens is 402 g/mol. The molecule has 0 spiro atoms. The van der Waals surface area contributed by atoms with Gasteiger partial charge in [0.05, 0.1) is 19.7 Å². The summed E-state index contributed by atoms with van der Waals surface area (Å²) in [5.41, 5.74) is 2.42. The van der Waals surface area contributed by atoms with Crippen LogP contribution in [0.25, 0.3) is 11.0 Å². The normalized spacial score (nSPS) is 14.8. The van der Waals surface area contributed by atoms with E-state index in [1.54, 1.807) is 4.90 Å². The lowest BCUT2D eigenvalue weighted by Gasteiger charge is -2.30. The molecule has 1 aromatic carbocycles. The van der Waals surface area contributed by atoms with Gasteiger partial charge in [-0.15, -0.1) is 0 Å². The number of nitrogens with zero attached hydrogens (tertiary/aromatic N) is 6. The Balaban J connectivity index is 1.73. The summed E-state index contributed by atoms with van der Waals surface area (Å²) in [6.45, 7) is 2.32. The van der Waals surface area contributed by atoms with Gasteiger partial charge in [0.1, 0.15) is 28.9 Å². The Morgan fingerprint density at radius 2 is 1.90 bits per heavy atom. The van der Waals surface area contributed by atoms with Gasteiger partial charge in [0.2, 0.25) is 5.95 Å². The van der Waals surface area contributed by atoms with Crippen molar-refractivity contribution in [2.24, 2.45) is 0 Å². The standard InChI is InChI=1S/C20H25N7O2S/c1-26(7-10-28)20-24-16-17(19(25-20)27-8-11-30(29)12-9-27)22-14-23-18(16)21-13-15-5-3-2-4-6-15/h2-6,14,28H,7-13H2,1H3,(H,21,22,23). The first-order chi connectivity index (χ1) is 14.7. The van der Waals surface area contributed by atoms with Gasteiger partial charge in [-0.3, -0.25) is 0 Å². The molecule has 1 aliphatic rings. The Morgan fingerprint density at radius 3 is 2.63 bits per heavy atom. The summed E-state index contributed by atoms with van der Waals surface area (Å²) in [6.07, 6.45) is 1.52. The van der Waals surface area contributed by atoms with Crippen LogP contribution < -0.4 is 15.1 Å². The summed E-state index contributed by atoms with van der Waals surface area (Å²) in [5.74, 6) is 3.05. The van der Waals surface area contributed by atoms with E-state index in [0.29, 0.717) is 66.3 Å². The fourth-order valence-electron chi connectivity index (χ4n) is 3.32. The molecular formula is C20H25N7O2S. The molecule has 0 radical (unpaired) electrons. The molecule has 2 N–H and O–H groups in total. The molecule has 3 heterocycles. The number of aromatic nitrogens is 4. The second-order valence-corrected chi connectivity index (χ2v) is 8.78. The fraction of sp³-hybridized carbons (Fsp3) is 0.400. The zero-order chi connectivity index (χ0) is 20.9. The summed E-state index contributed by atoms with van der Waals surface area (Å²) in [6, 6.07) is 10.1. The molecule has 0 unspecified atom stereocenters. The van der Waals surface area contributed by atoms with Crippen LogP contribution in [0.15, 0.2) is 36.7 Å². The first-order valence-electron chi connectivity index (χ1n) is 9.88. The molecule has 4 rings (SSSR count). The minimum absolute atomic E-state index is 0.000328. The van der Waals surface area contributed by atoms with E-state index >= 15 is 0 Å². The molecule has 3 aromatic rings. The largest absolute Gasteiger partial charge is 0.616 e. The lowest BCUT2D eigenvalue weighted by atomic mass is 10.2. The topological polar surface area (TPSA) is 113 Å². The minimum Gasteiger partial charge on any atom is -0.616 e. The molecule has 158 valence electrons. The van der Waals surface area contributed by atoms with Crippen molar-refractivity contribution in [3.05, 3.63) is 42.2 Å². The van der Waals surface area contributed by atoms with Crippen molar-refractivity contribution in [1.29, 1.82) is 0 Å². The third-order valence-electron chi connectivity index (χ3n) is 5.01. The third-order valence-corrected chi connectivity index (χ3v) is 6.28. The van der Waals surface area contributed by atoms with E-state index in [9.17, 15) is 9.66 Å². The van der Waals surface area contributed by atoms with Gasteiger partial charge >= 0.3 is 0 Å². The number of rotatable bonds is 7. The van der Waals surface area contributed by atoms with E-state index in [0.717, 1.165) is 5.56 Å². The quantitative estimate of drug-likeness (QED) is 0.534.